The highest BCUT2D eigenvalue weighted by atomic mass is 32.2. The van der Waals surface area contributed by atoms with Gasteiger partial charge in [-0.3, -0.25) is 14.3 Å². The lowest BCUT2D eigenvalue weighted by molar-refractivity contribution is -0.385. The summed E-state index contributed by atoms with van der Waals surface area (Å²) in [6.07, 6.45) is 1.59. The normalized spacial score (nSPS) is 19.5. The maximum Gasteiger partial charge on any atom is 0.344 e. The number of carbonyl (C=O) groups excluding carboxylic acids is 1. The fraction of sp³-hybridized carbons (Fsp3) is 0.588. The number of nitro benzene ring substituents is 1. The summed E-state index contributed by atoms with van der Waals surface area (Å²) in [5.74, 6) is -0.180. The average molecular weight is 368 g/mol. The van der Waals surface area contributed by atoms with Gasteiger partial charge in [-0.2, -0.15) is 0 Å². The van der Waals surface area contributed by atoms with Crippen molar-refractivity contribution < 1.29 is 18.7 Å². The van der Waals surface area contributed by atoms with E-state index >= 15 is 0 Å². The van der Waals surface area contributed by atoms with E-state index in [0.29, 0.717) is 24.4 Å². The first-order valence-electron chi connectivity index (χ1n) is 8.30. The van der Waals surface area contributed by atoms with E-state index in [1.54, 1.807) is 13.0 Å². The molecule has 138 valence electrons. The van der Waals surface area contributed by atoms with Crippen LogP contribution in [0.2, 0.25) is 0 Å². The van der Waals surface area contributed by atoms with Crippen LogP contribution >= 0.6 is 0 Å². The number of hydrogen-bond acceptors (Lipinski definition) is 6. The molecule has 0 aromatic heterocycles. The molecule has 25 heavy (non-hydrogen) atoms. The molecule has 1 aliphatic rings. The van der Waals surface area contributed by atoms with Gasteiger partial charge in [-0.1, -0.05) is 13.8 Å². The van der Waals surface area contributed by atoms with Gasteiger partial charge in [-0.05, 0) is 31.9 Å². The molecule has 7 nitrogen and oxygen atoms in total. The summed E-state index contributed by atoms with van der Waals surface area (Å²) in [5, 5.41) is 11.3. The number of anilines is 1. The van der Waals surface area contributed by atoms with Gasteiger partial charge in [-0.15, -0.1) is 0 Å². The minimum absolute atomic E-state index is 0.0483. The Morgan fingerprint density at radius 2 is 2.04 bits per heavy atom. The molecule has 0 saturated carbocycles. The highest BCUT2D eigenvalue weighted by Crippen LogP contribution is 2.35. The summed E-state index contributed by atoms with van der Waals surface area (Å²) >= 11 is 0. The first kappa shape index (κ1) is 19.4. The van der Waals surface area contributed by atoms with Gasteiger partial charge in [0.25, 0.3) is 5.69 Å². The highest BCUT2D eigenvalue weighted by molar-refractivity contribution is 7.86. The van der Waals surface area contributed by atoms with E-state index in [1.165, 1.54) is 13.2 Å². The molecule has 1 fully saturated rings. The zero-order valence-electron chi connectivity index (χ0n) is 15.0. The Morgan fingerprint density at radius 1 is 1.40 bits per heavy atom. The molecule has 1 atom stereocenters. The second-order valence-corrected chi connectivity index (χ2v) is 8.23. The molecular formula is C17H24N2O5S. The van der Waals surface area contributed by atoms with Crippen LogP contribution in [0.3, 0.4) is 0 Å². The van der Waals surface area contributed by atoms with Crippen LogP contribution in [-0.2, 0) is 15.5 Å². The molecule has 0 bridgehead atoms. The molecule has 2 rings (SSSR count). The molecule has 0 radical (unpaired) electrons. The van der Waals surface area contributed by atoms with Crippen molar-refractivity contribution in [1.82, 2.24) is 0 Å². The number of methoxy groups -OCH3 is 1. The molecule has 1 saturated heterocycles. The quantitative estimate of drug-likeness (QED) is 0.451. The smallest absolute Gasteiger partial charge is 0.344 e. The second kappa shape index (κ2) is 7.51. The predicted octanol–water partition coefficient (Wildman–Crippen LogP) is 2.82. The van der Waals surface area contributed by atoms with Crippen LogP contribution < -0.4 is 4.90 Å². The summed E-state index contributed by atoms with van der Waals surface area (Å²) in [6.45, 7) is 6.87. The number of rotatable bonds is 5. The second-order valence-electron chi connectivity index (χ2n) is 6.27. The van der Waals surface area contributed by atoms with E-state index in [1.807, 2.05) is 13.8 Å². The molecule has 1 unspecified atom stereocenters. The standard InChI is InChI=1S/C17H24N2O5S/c1-5-17(6-2)11-18(7-8-25(17)23)13-9-12(3)15(19(21)22)14(10-13)16(20)24-4/h9-10H,5-8,11H2,1-4H3. The molecule has 0 amide bonds. The summed E-state index contributed by atoms with van der Waals surface area (Å²) in [4.78, 5) is 24.9. The van der Waals surface area contributed by atoms with Gasteiger partial charge in [0.2, 0.25) is 0 Å². The van der Waals surface area contributed by atoms with Crippen LogP contribution in [0.4, 0.5) is 11.4 Å². The molecule has 8 heteroatoms. The third-order valence-corrected chi connectivity index (χ3v) is 7.26. The Labute approximate surface area is 150 Å². The van der Waals surface area contributed by atoms with Gasteiger partial charge in [-0.25, -0.2) is 4.79 Å². The van der Waals surface area contributed by atoms with Crippen LogP contribution in [0.5, 0.6) is 0 Å². The molecule has 1 aromatic rings. The Bertz CT molecular complexity index is 715. The average Bonchev–Trinajstić information content (AvgIpc) is 2.60. The van der Waals surface area contributed by atoms with Gasteiger partial charge in [0.15, 0.2) is 0 Å². The molecule has 0 spiro atoms. The zero-order chi connectivity index (χ0) is 18.8. The van der Waals surface area contributed by atoms with E-state index < -0.39 is 21.7 Å². The van der Waals surface area contributed by atoms with Crippen molar-refractivity contribution in [3.8, 4) is 0 Å². The maximum absolute atomic E-state index is 12.5. The molecule has 1 heterocycles. The lowest BCUT2D eigenvalue weighted by Crippen LogP contribution is -2.53. The molecule has 1 aromatic carbocycles. The highest BCUT2D eigenvalue weighted by Gasteiger charge is 2.39. The Hall–Kier alpha value is -1.96. The zero-order valence-corrected chi connectivity index (χ0v) is 15.9. The SMILES string of the molecule is CCC1(CC)CN(c2cc(C)c([N+](=O)[O-])c(C(=O)OC)c2)CCS1=O. The third kappa shape index (κ3) is 3.53. The monoisotopic (exact) mass is 368 g/mol. The van der Waals surface area contributed by atoms with Gasteiger partial charge >= 0.3 is 5.97 Å². The lowest BCUT2D eigenvalue weighted by Gasteiger charge is -2.42. The maximum atomic E-state index is 12.5. The number of esters is 1. The number of aryl methyl sites for hydroxylation is 1. The Kier molecular flexibility index (Phi) is 5.82. The van der Waals surface area contributed by atoms with Crippen molar-refractivity contribution in [3.63, 3.8) is 0 Å². The van der Waals surface area contributed by atoms with Crippen molar-refractivity contribution in [3.05, 3.63) is 33.4 Å². The lowest BCUT2D eigenvalue weighted by atomic mass is 9.99. The molecule has 0 N–H and O–H groups in total. The first-order valence-corrected chi connectivity index (χ1v) is 9.62. The summed E-state index contributed by atoms with van der Waals surface area (Å²) < 4.78 is 16.9. The number of nitrogens with zero attached hydrogens (tertiary/aromatic N) is 2. The Balaban J connectivity index is 2.49. The fourth-order valence-electron chi connectivity index (χ4n) is 3.38. The number of ether oxygens (including phenoxy) is 1. The van der Waals surface area contributed by atoms with Crippen molar-refractivity contribution >= 4 is 28.1 Å². The number of benzene rings is 1. The minimum Gasteiger partial charge on any atom is -0.465 e. The fourth-order valence-corrected chi connectivity index (χ4v) is 5.14. The predicted molar refractivity (Wildman–Crippen MR) is 97.7 cm³/mol. The number of carbonyl (C=O) groups is 1. The summed E-state index contributed by atoms with van der Waals surface area (Å²) in [6, 6.07) is 3.23. The van der Waals surface area contributed by atoms with Gasteiger partial charge in [0.05, 0.1) is 16.8 Å². The molecule has 1 aliphatic heterocycles. The van der Waals surface area contributed by atoms with Crippen molar-refractivity contribution in [1.29, 1.82) is 0 Å². The van der Waals surface area contributed by atoms with Crippen LogP contribution in [0.1, 0.15) is 42.6 Å². The van der Waals surface area contributed by atoms with Gasteiger partial charge in [0.1, 0.15) is 5.56 Å². The summed E-state index contributed by atoms with van der Waals surface area (Å²) in [5.41, 5.74) is 0.862. The molecular weight excluding hydrogens is 344 g/mol. The number of hydrogen-bond donors (Lipinski definition) is 0. The topological polar surface area (TPSA) is 89.8 Å². The minimum atomic E-state index is -0.905. The van der Waals surface area contributed by atoms with Crippen LogP contribution in [-0.4, -0.2) is 45.8 Å². The summed E-state index contributed by atoms with van der Waals surface area (Å²) in [7, 11) is 0.300. The third-order valence-electron chi connectivity index (χ3n) is 5.04. The van der Waals surface area contributed by atoms with Crippen LogP contribution in [0.25, 0.3) is 0 Å². The first-order chi connectivity index (χ1) is 11.8. The van der Waals surface area contributed by atoms with E-state index in [9.17, 15) is 19.1 Å². The van der Waals surface area contributed by atoms with Gasteiger partial charge < -0.3 is 9.64 Å². The molecule has 0 aliphatic carbocycles. The van der Waals surface area contributed by atoms with Crippen molar-refractivity contribution in [2.75, 3.05) is 30.9 Å². The van der Waals surface area contributed by atoms with Crippen molar-refractivity contribution in [2.45, 2.75) is 38.4 Å². The largest absolute Gasteiger partial charge is 0.465 e. The van der Waals surface area contributed by atoms with E-state index in [0.717, 1.165) is 18.5 Å². The van der Waals surface area contributed by atoms with E-state index in [4.69, 9.17) is 4.74 Å². The van der Waals surface area contributed by atoms with E-state index in [-0.39, 0.29) is 16.0 Å². The van der Waals surface area contributed by atoms with E-state index in [2.05, 4.69) is 4.90 Å². The van der Waals surface area contributed by atoms with Crippen molar-refractivity contribution in [2.24, 2.45) is 0 Å². The Morgan fingerprint density at radius 3 is 2.56 bits per heavy atom. The number of nitro groups is 1. The van der Waals surface area contributed by atoms with Crippen LogP contribution in [0, 0.1) is 17.0 Å². The van der Waals surface area contributed by atoms with Crippen LogP contribution in [0.15, 0.2) is 12.1 Å². The van der Waals surface area contributed by atoms with Gasteiger partial charge in [0, 0.05) is 40.9 Å².